The van der Waals surface area contributed by atoms with Crippen LogP contribution >= 0.6 is 0 Å². The molecule has 0 spiro atoms. The number of carbonyl (C=O) groups excluding carboxylic acids is 1. The molecule has 2 atom stereocenters. The minimum absolute atomic E-state index is 0.153. The molecule has 1 aliphatic heterocycles. The van der Waals surface area contributed by atoms with Crippen LogP contribution in [-0.2, 0) is 9.47 Å². The highest BCUT2D eigenvalue weighted by molar-refractivity contribution is 5.89. The Morgan fingerprint density at radius 2 is 2.08 bits per heavy atom. The number of ether oxygens (including phenoxy) is 2. The normalized spacial score (nSPS) is 20.0. The van der Waals surface area contributed by atoms with E-state index in [2.05, 4.69) is 4.98 Å². The highest BCUT2D eigenvalue weighted by atomic mass is 16.6. The summed E-state index contributed by atoms with van der Waals surface area (Å²) in [7, 11) is 0. The number of aromatic nitrogens is 2. The molecule has 126 valence electrons. The molecule has 3 rings (SSSR count). The van der Waals surface area contributed by atoms with Gasteiger partial charge < -0.3 is 15.2 Å². The molecule has 0 aliphatic carbocycles. The van der Waals surface area contributed by atoms with E-state index in [1.165, 1.54) is 4.57 Å². The molecule has 1 fully saturated rings. The van der Waals surface area contributed by atoms with E-state index in [9.17, 15) is 9.59 Å². The average molecular weight is 329 g/mol. The van der Waals surface area contributed by atoms with Crippen LogP contribution in [0.5, 0.6) is 0 Å². The largest absolute Gasteiger partial charge is 0.459 e. The molecule has 1 aliphatic rings. The Hall–Kier alpha value is -2.67. The molecule has 24 heavy (non-hydrogen) atoms. The van der Waals surface area contributed by atoms with Gasteiger partial charge in [0.05, 0.1) is 11.7 Å². The third kappa shape index (κ3) is 3.62. The average Bonchev–Trinajstić information content (AvgIpc) is 3.02. The van der Waals surface area contributed by atoms with Gasteiger partial charge in [-0.2, -0.15) is 4.98 Å². The van der Waals surface area contributed by atoms with Gasteiger partial charge in [0.25, 0.3) is 0 Å². The van der Waals surface area contributed by atoms with Crippen LogP contribution in [0.2, 0.25) is 0 Å². The number of rotatable bonds is 4. The number of carbonyl (C=O) groups is 1. The smallest absolute Gasteiger partial charge is 0.351 e. The first-order valence-corrected chi connectivity index (χ1v) is 7.77. The van der Waals surface area contributed by atoms with E-state index in [0.29, 0.717) is 18.4 Å². The van der Waals surface area contributed by atoms with Crippen molar-refractivity contribution in [2.45, 2.75) is 32.1 Å². The van der Waals surface area contributed by atoms with E-state index in [0.717, 1.165) is 5.56 Å². The van der Waals surface area contributed by atoms with Gasteiger partial charge in [0.2, 0.25) is 0 Å². The quantitative estimate of drug-likeness (QED) is 0.857. The van der Waals surface area contributed by atoms with Crippen LogP contribution in [0.4, 0.5) is 5.82 Å². The van der Waals surface area contributed by atoms with Gasteiger partial charge in [-0.1, -0.05) is 17.7 Å². The third-order valence-corrected chi connectivity index (χ3v) is 3.93. The van der Waals surface area contributed by atoms with Crippen LogP contribution in [0.25, 0.3) is 0 Å². The summed E-state index contributed by atoms with van der Waals surface area (Å²) in [6.07, 6.45) is 2.26. The number of nitrogens with zero attached hydrogens (tertiary/aromatic N) is 2. The highest BCUT2D eigenvalue weighted by Gasteiger charge is 2.28. The van der Waals surface area contributed by atoms with Gasteiger partial charge in [-0.25, -0.2) is 9.59 Å². The fraction of sp³-hybridized carbons (Fsp3) is 0.353. The summed E-state index contributed by atoms with van der Waals surface area (Å²) in [5.74, 6) is -0.203. The van der Waals surface area contributed by atoms with E-state index < -0.39 is 11.9 Å². The molecule has 1 saturated heterocycles. The minimum Gasteiger partial charge on any atom is -0.459 e. The number of benzene rings is 1. The van der Waals surface area contributed by atoms with Crippen molar-refractivity contribution in [1.29, 1.82) is 0 Å². The van der Waals surface area contributed by atoms with E-state index in [4.69, 9.17) is 15.2 Å². The molecular weight excluding hydrogens is 310 g/mol. The van der Waals surface area contributed by atoms with Crippen molar-refractivity contribution in [3.05, 3.63) is 58.1 Å². The molecule has 7 heteroatoms. The predicted molar refractivity (Wildman–Crippen MR) is 87.5 cm³/mol. The molecule has 1 unspecified atom stereocenters. The topological polar surface area (TPSA) is 96.4 Å². The molecule has 0 amide bonds. The van der Waals surface area contributed by atoms with Crippen molar-refractivity contribution < 1.29 is 14.3 Å². The molecule has 0 radical (unpaired) electrons. The van der Waals surface area contributed by atoms with Gasteiger partial charge in [0.15, 0.2) is 0 Å². The lowest BCUT2D eigenvalue weighted by molar-refractivity contribution is -0.0339. The maximum Gasteiger partial charge on any atom is 0.351 e. The summed E-state index contributed by atoms with van der Waals surface area (Å²) in [6, 6.07) is 8.74. The van der Waals surface area contributed by atoms with Crippen molar-refractivity contribution >= 4 is 11.8 Å². The van der Waals surface area contributed by atoms with Crippen LogP contribution < -0.4 is 11.4 Å². The molecule has 0 saturated carbocycles. The monoisotopic (exact) mass is 329 g/mol. The third-order valence-electron chi connectivity index (χ3n) is 3.93. The molecule has 7 nitrogen and oxygen atoms in total. The second-order valence-electron chi connectivity index (χ2n) is 5.80. The van der Waals surface area contributed by atoms with Crippen molar-refractivity contribution in [3.63, 3.8) is 0 Å². The van der Waals surface area contributed by atoms with Crippen molar-refractivity contribution in [2.24, 2.45) is 0 Å². The number of aryl methyl sites for hydroxylation is 1. The summed E-state index contributed by atoms with van der Waals surface area (Å²) in [6.45, 7) is 2.11. The predicted octanol–water partition coefficient (Wildman–Crippen LogP) is 1.67. The molecule has 0 bridgehead atoms. The summed E-state index contributed by atoms with van der Waals surface area (Å²) in [4.78, 5) is 27.5. The van der Waals surface area contributed by atoms with Gasteiger partial charge in [-0.3, -0.25) is 4.57 Å². The minimum atomic E-state index is -0.447. The highest BCUT2D eigenvalue weighted by Crippen LogP contribution is 2.27. The van der Waals surface area contributed by atoms with Crippen molar-refractivity contribution in [3.8, 4) is 0 Å². The van der Waals surface area contributed by atoms with Crippen LogP contribution in [0.3, 0.4) is 0 Å². The van der Waals surface area contributed by atoms with E-state index >= 15 is 0 Å². The molecule has 1 aromatic carbocycles. The zero-order valence-electron chi connectivity index (χ0n) is 13.3. The Morgan fingerprint density at radius 3 is 2.79 bits per heavy atom. The number of nitrogens with two attached hydrogens (primary N) is 1. The first-order valence-electron chi connectivity index (χ1n) is 7.77. The summed E-state index contributed by atoms with van der Waals surface area (Å²) in [5, 5.41) is 0. The second kappa shape index (κ2) is 6.84. The van der Waals surface area contributed by atoms with Gasteiger partial charge in [-0.15, -0.1) is 0 Å². The van der Waals surface area contributed by atoms with E-state index in [1.807, 2.05) is 19.1 Å². The van der Waals surface area contributed by atoms with Crippen molar-refractivity contribution in [1.82, 2.24) is 9.55 Å². The maximum absolute atomic E-state index is 12.0. The number of hydrogen-bond acceptors (Lipinski definition) is 6. The van der Waals surface area contributed by atoms with Gasteiger partial charge >= 0.3 is 11.7 Å². The fourth-order valence-corrected chi connectivity index (χ4v) is 2.60. The standard InChI is InChI=1S/C17H19N3O4/c1-11-2-4-12(5-3-11)16(21)23-10-13-6-7-15(24-13)20-9-8-14(18)19-17(20)22/h2-5,8-9,13,15H,6-7,10H2,1H3,(H2,18,19,22)/t13-,15?/m0/s1. The first kappa shape index (κ1) is 16.2. The summed E-state index contributed by atoms with van der Waals surface area (Å²) in [5.41, 5.74) is 6.62. The van der Waals surface area contributed by atoms with E-state index in [1.54, 1.807) is 24.4 Å². The number of esters is 1. The Morgan fingerprint density at radius 1 is 1.33 bits per heavy atom. The second-order valence-corrected chi connectivity index (χ2v) is 5.80. The first-order chi connectivity index (χ1) is 11.5. The SMILES string of the molecule is Cc1ccc(C(=O)OC[C@@H]2CCC(n3ccc(N)nc3=O)O2)cc1. The zero-order chi connectivity index (χ0) is 17.1. The summed E-state index contributed by atoms with van der Waals surface area (Å²) < 4.78 is 12.5. The lowest BCUT2D eigenvalue weighted by Crippen LogP contribution is -2.28. The zero-order valence-corrected chi connectivity index (χ0v) is 13.3. The van der Waals surface area contributed by atoms with Gasteiger partial charge in [0.1, 0.15) is 18.7 Å². The Bertz CT molecular complexity index is 785. The van der Waals surface area contributed by atoms with Crippen LogP contribution in [0.15, 0.2) is 41.3 Å². The summed E-state index contributed by atoms with van der Waals surface area (Å²) >= 11 is 0. The molecular formula is C17H19N3O4. The fourth-order valence-electron chi connectivity index (χ4n) is 2.60. The molecule has 2 heterocycles. The Balaban J connectivity index is 1.55. The van der Waals surface area contributed by atoms with Gasteiger partial charge in [0, 0.05) is 6.20 Å². The number of hydrogen-bond donors (Lipinski definition) is 1. The van der Waals surface area contributed by atoms with Crippen LogP contribution in [-0.4, -0.2) is 28.2 Å². The molecule has 2 N–H and O–H groups in total. The van der Waals surface area contributed by atoms with Crippen LogP contribution in [0, 0.1) is 6.92 Å². The Kier molecular flexibility index (Phi) is 4.61. The van der Waals surface area contributed by atoms with Crippen LogP contribution in [0.1, 0.15) is 35.0 Å². The van der Waals surface area contributed by atoms with Gasteiger partial charge in [-0.05, 0) is 38.0 Å². The molecule has 2 aromatic rings. The lowest BCUT2D eigenvalue weighted by Gasteiger charge is -2.15. The van der Waals surface area contributed by atoms with E-state index in [-0.39, 0.29) is 24.5 Å². The van der Waals surface area contributed by atoms with Crippen molar-refractivity contribution in [2.75, 3.05) is 12.3 Å². The Labute approximate surface area is 139 Å². The maximum atomic E-state index is 12.0. The number of anilines is 1. The molecule has 1 aromatic heterocycles. The number of nitrogen functional groups attached to an aromatic ring is 1. The lowest BCUT2D eigenvalue weighted by atomic mass is 10.1.